The van der Waals surface area contributed by atoms with Gasteiger partial charge in [-0.2, -0.15) is 4.98 Å². The average molecular weight is 385 g/mol. The van der Waals surface area contributed by atoms with Crippen molar-refractivity contribution in [1.82, 2.24) is 15.0 Å². The van der Waals surface area contributed by atoms with E-state index in [2.05, 4.69) is 43.0 Å². The number of rotatable bonds is 3. The molecule has 4 heterocycles. The summed E-state index contributed by atoms with van der Waals surface area (Å²) in [7, 11) is 0. The van der Waals surface area contributed by atoms with E-state index in [9.17, 15) is 5.11 Å². The van der Waals surface area contributed by atoms with Gasteiger partial charge in [-0.1, -0.05) is 43.2 Å². The minimum absolute atomic E-state index is 0.0192. The predicted octanol–water partition coefficient (Wildman–Crippen LogP) is 4.81. The minimum atomic E-state index is 0.0192. The van der Waals surface area contributed by atoms with Gasteiger partial charge in [0.2, 0.25) is 11.8 Å². The summed E-state index contributed by atoms with van der Waals surface area (Å²) < 4.78 is 0. The molecule has 0 aliphatic carbocycles. The number of anilines is 1. The molecule has 2 aliphatic rings. The first-order valence-electron chi connectivity index (χ1n) is 10.1. The number of benzene rings is 1. The Morgan fingerprint density at radius 3 is 2.59 bits per heavy atom. The highest BCUT2D eigenvalue weighted by Crippen LogP contribution is 2.35. The molecule has 0 bridgehead atoms. The average Bonchev–Trinajstić information content (AvgIpc) is 3.20. The zero-order chi connectivity index (χ0) is 19.6. The summed E-state index contributed by atoms with van der Waals surface area (Å²) in [6.07, 6.45) is 10.4. The van der Waals surface area contributed by atoms with E-state index in [1.807, 2.05) is 30.5 Å². The number of hydrogen-bond acceptors (Lipinski definition) is 5. The van der Waals surface area contributed by atoms with Crippen molar-refractivity contribution in [1.29, 1.82) is 0 Å². The van der Waals surface area contributed by atoms with Crippen molar-refractivity contribution in [2.45, 2.75) is 25.7 Å². The van der Waals surface area contributed by atoms with Crippen LogP contribution < -0.4 is 4.90 Å². The zero-order valence-corrected chi connectivity index (χ0v) is 16.2. The van der Waals surface area contributed by atoms with Crippen LogP contribution in [0.3, 0.4) is 0 Å². The first-order valence-corrected chi connectivity index (χ1v) is 10.1. The highest BCUT2D eigenvalue weighted by molar-refractivity contribution is 6.21. The monoisotopic (exact) mass is 385 g/mol. The molecule has 146 valence electrons. The van der Waals surface area contributed by atoms with E-state index in [4.69, 9.17) is 0 Å². The molecule has 2 aliphatic heterocycles. The fourth-order valence-corrected chi connectivity index (χ4v) is 3.93. The van der Waals surface area contributed by atoms with Gasteiger partial charge < -0.3 is 15.0 Å². The van der Waals surface area contributed by atoms with Crippen molar-refractivity contribution in [2.24, 2.45) is 4.99 Å². The van der Waals surface area contributed by atoms with Crippen LogP contribution in [0.4, 0.5) is 11.8 Å². The summed E-state index contributed by atoms with van der Waals surface area (Å²) in [4.78, 5) is 18.8. The normalized spacial score (nSPS) is 17.5. The third-order valence-corrected chi connectivity index (χ3v) is 5.52. The number of aliphatic imine (C=N–C) groups is 1. The van der Waals surface area contributed by atoms with Crippen LogP contribution in [0.15, 0.2) is 47.6 Å². The molecule has 6 heteroatoms. The molecule has 0 spiro atoms. The van der Waals surface area contributed by atoms with Crippen molar-refractivity contribution >= 4 is 29.6 Å². The van der Waals surface area contributed by atoms with Crippen LogP contribution in [0.25, 0.3) is 22.8 Å². The van der Waals surface area contributed by atoms with Gasteiger partial charge in [-0.05, 0) is 30.5 Å². The van der Waals surface area contributed by atoms with E-state index in [1.54, 1.807) is 6.21 Å². The van der Waals surface area contributed by atoms with Gasteiger partial charge in [0.1, 0.15) is 5.69 Å². The molecule has 1 fully saturated rings. The van der Waals surface area contributed by atoms with Crippen molar-refractivity contribution in [2.75, 3.05) is 18.0 Å². The Morgan fingerprint density at radius 2 is 1.79 bits per heavy atom. The molecule has 0 unspecified atom stereocenters. The Balaban J connectivity index is 1.47. The molecule has 1 aromatic carbocycles. The minimum Gasteiger partial charge on any atom is -0.492 e. The maximum atomic E-state index is 10.4. The quantitative estimate of drug-likeness (QED) is 0.678. The fourth-order valence-electron chi connectivity index (χ4n) is 3.93. The van der Waals surface area contributed by atoms with Crippen molar-refractivity contribution in [3.8, 4) is 17.0 Å². The summed E-state index contributed by atoms with van der Waals surface area (Å²) in [5, 5.41) is 10.4. The smallest absolute Gasteiger partial charge is 0.238 e. The van der Waals surface area contributed by atoms with Gasteiger partial charge in [0.05, 0.1) is 0 Å². The Bertz CT molecular complexity index is 1080. The largest absolute Gasteiger partial charge is 0.492 e. The molecule has 2 N–H and O–H groups in total. The van der Waals surface area contributed by atoms with Gasteiger partial charge in [-0.3, -0.25) is 0 Å². The lowest BCUT2D eigenvalue weighted by atomic mass is 10.0. The number of imidazole rings is 1. The lowest BCUT2D eigenvalue weighted by molar-refractivity contribution is 0.455. The first kappa shape index (κ1) is 17.7. The number of aromatic nitrogens is 3. The standard InChI is InChI=1S/C23H23N5O/c29-22-20(26-23(27-22)28-10-6-1-2-7-11-28)13-18-15-25-21-19(18)12-17(14-24-21)16-8-4-3-5-9-16/h3-5,8-9,12-15,29H,1-2,6-7,10-11H2,(H,26,27). The van der Waals surface area contributed by atoms with Crippen molar-refractivity contribution in [3.63, 3.8) is 0 Å². The number of pyridine rings is 1. The molecular weight excluding hydrogens is 362 g/mol. The van der Waals surface area contributed by atoms with Gasteiger partial charge in [0, 0.05) is 42.2 Å². The Kier molecular flexibility index (Phi) is 4.60. The Labute approximate surface area is 169 Å². The molecule has 5 rings (SSSR count). The summed E-state index contributed by atoms with van der Waals surface area (Å²) in [6, 6.07) is 12.3. The highest BCUT2D eigenvalue weighted by Gasteiger charge is 2.19. The summed E-state index contributed by atoms with van der Waals surface area (Å²) in [6.45, 7) is 1.94. The van der Waals surface area contributed by atoms with Crippen LogP contribution in [0.5, 0.6) is 5.88 Å². The highest BCUT2D eigenvalue weighted by atomic mass is 16.3. The van der Waals surface area contributed by atoms with E-state index in [0.717, 1.165) is 54.1 Å². The Hall–Kier alpha value is -3.41. The van der Waals surface area contributed by atoms with E-state index in [0.29, 0.717) is 11.5 Å². The number of nitrogens with one attached hydrogen (secondary N) is 1. The molecule has 6 nitrogen and oxygen atoms in total. The molecule has 0 amide bonds. The van der Waals surface area contributed by atoms with Gasteiger partial charge in [-0.25, -0.2) is 9.98 Å². The zero-order valence-electron chi connectivity index (χ0n) is 16.2. The van der Waals surface area contributed by atoms with E-state index in [-0.39, 0.29) is 5.88 Å². The second kappa shape index (κ2) is 7.54. The van der Waals surface area contributed by atoms with E-state index in [1.165, 1.54) is 12.8 Å². The molecule has 29 heavy (non-hydrogen) atoms. The molecule has 3 aromatic rings. The predicted molar refractivity (Wildman–Crippen MR) is 117 cm³/mol. The molecule has 0 atom stereocenters. The fraction of sp³-hybridized carbons (Fsp3) is 0.261. The van der Waals surface area contributed by atoms with Crippen LogP contribution in [0.2, 0.25) is 0 Å². The SMILES string of the molecule is Oc1nc(N2CCCCCC2)[nH]c1C=C1C=Nc2ncc(-c3ccccc3)cc21. The van der Waals surface area contributed by atoms with Crippen LogP contribution >= 0.6 is 0 Å². The first-order chi connectivity index (χ1) is 14.3. The Morgan fingerprint density at radius 1 is 1.00 bits per heavy atom. The molecular formula is C23H23N5O. The van der Waals surface area contributed by atoms with Gasteiger partial charge in [-0.15, -0.1) is 0 Å². The van der Waals surface area contributed by atoms with Gasteiger partial charge in [0.25, 0.3) is 0 Å². The van der Waals surface area contributed by atoms with Crippen molar-refractivity contribution < 1.29 is 5.11 Å². The lowest BCUT2D eigenvalue weighted by Crippen LogP contribution is -2.24. The molecule has 0 saturated carbocycles. The number of aromatic amines is 1. The summed E-state index contributed by atoms with van der Waals surface area (Å²) in [5.41, 5.74) is 4.62. The van der Waals surface area contributed by atoms with Crippen molar-refractivity contribution in [3.05, 3.63) is 53.9 Å². The topological polar surface area (TPSA) is 77.4 Å². The van der Waals surface area contributed by atoms with Crippen LogP contribution in [0.1, 0.15) is 36.9 Å². The maximum absolute atomic E-state index is 10.4. The molecule has 2 aromatic heterocycles. The third kappa shape index (κ3) is 3.53. The summed E-state index contributed by atoms with van der Waals surface area (Å²) >= 11 is 0. The second-order valence-electron chi connectivity index (χ2n) is 7.52. The molecule has 1 saturated heterocycles. The van der Waals surface area contributed by atoms with Gasteiger partial charge >= 0.3 is 0 Å². The number of hydrogen-bond donors (Lipinski definition) is 2. The third-order valence-electron chi connectivity index (χ3n) is 5.52. The number of allylic oxidation sites excluding steroid dienone is 1. The maximum Gasteiger partial charge on any atom is 0.238 e. The lowest BCUT2D eigenvalue weighted by Gasteiger charge is -2.18. The summed E-state index contributed by atoms with van der Waals surface area (Å²) in [5.74, 6) is 1.45. The van der Waals surface area contributed by atoms with Crippen LogP contribution in [-0.4, -0.2) is 39.4 Å². The second-order valence-corrected chi connectivity index (χ2v) is 7.52. The van der Waals surface area contributed by atoms with E-state index < -0.39 is 0 Å². The van der Waals surface area contributed by atoms with Crippen LogP contribution in [-0.2, 0) is 0 Å². The number of aromatic hydroxyl groups is 1. The number of nitrogens with zero attached hydrogens (tertiary/aromatic N) is 4. The van der Waals surface area contributed by atoms with E-state index >= 15 is 0 Å². The van der Waals surface area contributed by atoms with Gasteiger partial charge in [0.15, 0.2) is 5.82 Å². The van der Waals surface area contributed by atoms with Crippen LogP contribution in [0, 0.1) is 0 Å². The molecule has 0 radical (unpaired) electrons. The number of fused-ring (bicyclic) bond motifs is 1. The number of H-pyrrole nitrogens is 1.